The van der Waals surface area contributed by atoms with Crippen LogP contribution in [0.25, 0.3) is 6.08 Å². The van der Waals surface area contributed by atoms with Gasteiger partial charge in [0.2, 0.25) is 0 Å². The summed E-state index contributed by atoms with van der Waals surface area (Å²) in [6.45, 7) is 1.76. The summed E-state index contributed by atoms with van der Waals surface area (Å²) >= 11 is 0. The molecule has 0 spiro atoms. The highest BCUT2D eigenvalue weighted by molar-refractivity contribution is 5.85. The fourth-order valence-corrected chi connectivity index (χ4v) is 1.68. The number of aromatic nitrogens is 2. The molecule has 0 aliphatic rings. The smallest absolute Gasteiger partial charge is 0.328 e. The van der Waals surface area contributed by atoms with E-state index in [0.29, 0.717) is 19.8 Å². The van der Waals surface area contributed by atoms with Crippen molar-refractivity contribution in [3.05, 3.63) is 59.9 Å². The van der Waals surface area contributed by atoms with Crippen LogP contribution in [0.1, 0.15) is 11.1 Å². The van der Waals surface area contributed by atoms with Gasteiger partial charge in [-0.15, -0.1) is 0 Å². The van der Waals surface area contributed by atoms with Crippen LogP contribution in [0.15, 0.2) is 48.8 Å². The highest BCUT2D eigenvalue weighted by Gasteiger charge is 1.97. The van der Waals surface area contributed by atoms with E-state index in [4.69, 9.17) is 9.84 Å². The molecule has 0 fully saturated rings. The largest absolute Gasteiger partial charge is 0.478 e. The fourth-order valence-electron chi connectivity index (χ4n) is 1.68. The number of nitrogens with zero attached hydrogens (tertiary/aromatic N) is 2. The second-order valence-electron chi connectivity index (χ2n) is 4.25. The second-order valence-corrected chi connectivity index (χ2v) is 4.25. The van der Waals surface area contributed by atoms with E-state index >= 15 is 0 Å². The minimum Gasteiger partial charge on any atom is -0.478 e. The van der Waals surface area contributed by atoms with Crippen molar-refractivity contribution in [1.29, 1.82) is 0 Å². The predicted molar refractivity (Wildman–Crippen MR) is 75.0 cm³/mol. The van der Waals surface area contributed by atoms with Gasteiger partial charge in [0.15, 0.2) is 0 Å². The van der Waals surface area contributed by atoms with Gasteiger partial charge in [0.05, 0.1) is 26.0 Å². The molecule has 0 bridgehead atoms. The van der Waals surface area contributed by atoms with E-state index in [0.717, 1.165) is 17.2 Å². The summed E-state index contributed by atoms with van der Waals surface area (Å²) < 4.78 is 7.29. The van der Waals surface area contributed by atoms with Gasteiger partial charge in [0.25, 0.3) is 0 Å². The molecule has 20 heavy (non-hydrogen) atoms. The standard InChI is InChI=1S/C15H16N2O3/c18-15(19)7-6-14-10-16-17(11-14)8-9-20-12-13-4-2-1-3-5-13/h1-7,10-11H,8-9,12H2,(H,18,19)/b7-6+. The zero-order chi connectivity index (χ0) is 14.2. The molecule has 0 atom stereocenters. The van der Waals surface area contributed by atoms with Crippen LogP contribution in [0.2, 0.25) is 0 Å². The Morgan fingerprint density at radius 3 is 2.90 bits per heavy atom. The van der Waals surface area contributed by atoms with E-state index in [1.54, 1.807) is 17.1 Å². The molecule has 0 aliphatic carbocycles. The van der Waals surface area contributed by atoms with Crippen molar-refractivity contribution >= 4 is 12.0 Å². The van der Waals surface area contributed by atoms with Crippen LogP contribution in [0.5, 0.6) is 0 Å². The van der Waals surface area contributed by atoms with Crippen molar-refractivity contribution in [2.45, 2.75) is 13.2 Å². The fraction of sp³-hybridized carbons (Fsp3) is 0.200. The summed E-state index contributed by atoms with van der Waals surface area (Å²) in [7, 11) is 0. The topological polar surface area (TPSA) is 64.3 Å². The number of carboxylic acids is 1. The van der Waals surface area contributed by atoms with Crippen LogP contribution < -0.4 is 0 Å². The van der Waals surface area contributed by atoms with Gasteiger partial charge >= 0.3 is 5.97 Å². The van der Waals surface area contributed by atoms with Gasteiger partial charge in [-0.1, -0.05) is 30.3 Å². The highest BCUT2D eigenvalue weighted by Crippen LogP contribution is 2.02. The number of benzene rings is 1. The third-order valence-corrected chi connectivity index (χ3v) is 2.65. The SMILES string of the molecule is O=C(O)/C=C/c1cnn(CCOCc2ccccc2)c1. The van der Waals surface area contributed by atoms with Gasteiger partial charge in [-0.25, -0.2) is 4.79 Å². The van der Waals surface area contributed by atoms with E-state index in [9.17, 15) is 4.79 Å². The van der Waals surface area contributed by atoms with Gasteiger partial charge in [-0.3, -0.25) is 4.68 Å². The van der Waals surface area contributed by atoms with E-state index < -0.39 is 5.97 Å². The van der Waals surface area contributed by atoms with Gasteiger partial charge < -0.3 is 9.84 Å². The number of hydrogen-bond donors (Lipinski definition) is 1. The number of carboxylic acid groups (broad SMARTS) is 1. The first-order valence-corrected chi connectivity index (χ1v) is 6.29. The van der Waals surface area contributed by atoms with Gasteiger partial charge in [0, 0.05) is 17.8 Å². The first-order valence-electron chi connectivity index (χ1n) is 6.29. The van der Waals surface area contributed by atoms with Crippen LogP contribution >= 0.6 is 0 Å². The summed E-state index contributed by atoms with van der Waals surface area (Å²) in [4.78, 5) is 10.4. The molecule has 1 heterocycles. The molecule has 1 aromatic carbocycles. The minimum atomic E-state index is -0.969. The molecule has 0 saturated carbocycles. The van der Waals surface area contributed by atoms with Crippen LogP contribution in [0, 0.1) is 0 Å². The van der Waals surface area contributed by atoms with E-state index in [2.05, 4.69) is 5.10 Å². The number of hydrogen-bond acceptors (Lipinski definition) is 3. The number of ether oxygens (including phenoxy) is 1. The average Bonchev–Trinajstić information content (AvgIpc) is 2.90. The molecule has 0 saturated heterocycles. The molecule has 1 N–H and O–H groups in total. The summed E-state index contributed by atoms with van der Waals surface area (Å²) in [5.74, 6) is -0.969. The Balaban J connectivity index is 1.73. The molecule has 5 heteroatoms. The third-order valence-electron chi connectivity index (χ3n) is 2.65. The molecule has 104 valence electrons. The molecule has 1 aromatic heterocycles. The Bertz CT molecular complexity index is 576. The van der Waals surface area contributed by atoms with Crippen molar-refractivity contribution in [3.63, 3.8) is 0 Å². The molecule has 5 nitrogen and oxygen atoms in total. The Labute approximate surface area is 117 Å². The Morgan fingerprint density at radius 1 is 1.35 bits per heavy atom. The quantitative estimate of drug-likeness (QED) is 0.620. The van der Waals surface area contributed by atoms with Crippen LogP contribution in [0.4, 0.5) is 0 Å². The third kappa shape index (κ3) is 4.70. The minimum absolute atomic E-state index is 0.554. The number of aliphatic carboxylic acids is 1. The molecular weight excluding hydrogens is 256 g/mol. The second kappa shape index (κ2) is 7.25. The predicted octanol–water partition coefficient (Wildman–Crippen LogP) is 2.20. The monoisotopic (exact) mass is 272 g/mol. The number of carbonyl (C=O) groups is 1. The lowest BCUT2D eigenvalue weighted by atomic mass is 10.2. The van der Waals surface area contributed by atoms with E-state index in [-0.39, 0.29) is 0 Å². The highest BCUT2D eigenvalue weighted by atomic mass is 16.5. The maximum Gasteiger partial charge on any atom is 0.328 e. The van der Waals surface area contributed by atoms with Crippen molar-refractivity contribution in [1.82, 2.24) is 9.78 Å². The molecule has 0 aliphatic heterocycles. The van der Waals surface area contributed by atoms with E-state index in [1.165, 1.54) is 6.08 Å². The van der Waals surface area contributed by atoms with Crippen LogP contribution in [-0.4, -0.2) is 27.5 Å². The Hall–Kier alpha value is -2.40. The maximum atomic E-state index is 10.4. The van der Waals surface area contributed by atoms with Crippen molar-refractivity contribution in [2.75, 3.05) is 6.61 Å². The van der Waals surface area contributed by atoms with Crippen molar-refractivity contribution in [3.8, 4) is 0 Å². The lowest BCUT2D eigenvalue weighted by Gasteiger charge is -2.04. The first-order chi connectivity index (χ1) is 9.74. The van der Waals surface area contributed by atoms with Gasteiger partial charge in [0.1, 0.15) is 0 Å². The molecular formula is C15H16N2O3. The summed E-state index contributed by atoms with van der Waals surface area (Å²) in [5.41, 5.74) is 1.90. The van der Waals surface area contributed by atoms with E-state index in [1.807, 2.05) is 30.3 Å². The normalized spacial score (nSPS) is 11.0. The Kier molecular flexibility index (Phi) is 5.08. The molecule has 0 unspecified atom stereocenters. The van der Waals surface area contributed by atoms with Crippen LogP contribution in [0.3, 0.4) is 0 Å². The molecule has 0 amide bonds. The zero-order valence-corrected chi connectivity index (χ0v) is 11.0. The summed E-state index contributed by atoms with van der Waals surface area (Å²) in [5, 5.41) is 12.7. The van der Waals surface area contributed by atoms with Crippen LogP contribution in [-0.2, 0) is 22.7 Å². The van der Waals surface area contributed by atoms with Gasteiger partial charge in [-0.2, -0.15) is 5.10 Å². The molecule has 2 aromatic rings. The zero-order valence-electron chi connectivity index (χ0n) is 11.0. The maximum absolute atomic E-state index is 10.4. The average molecular weight is 272 g/mol. The Morgan fingerprint density at radius 2 is 2.15 bits per heavy atom. The first kappa shape index (κ1) is 14.0. The number of rotatable bonds is 7. The molecule has 2 rings (SSSR count). The lowest BCUT2D eigenvalue weighted by Crippen LogP contribution is -2.06. The summed E-state index contributed by atoms with van der Waals surface area (Å²) in [6.07, 6.45) is 6.01. The lowest BCUT2D eigenvalue weighted by molar-refractivity contribution is -0.131. The summed E-state index contributed by atoms with van der Waals surface area (Å²) in [6, 6.07) is 9.96. The molecule has 0 radical (unpaired) electrons. The van der Waals surface area contributed by atoms with Crippen molar-refractivity contribution < 1.29 is 14.6 Å². The van der Waals surface area contributed by atoms with Gasteiger partial charge in [-0.05, 0) is 11.6 Å². The van der Waals surface area contributed by atoms with Crippen molar-refractivity contribution in [2.24, 2.45) is 0 Å².